The van der Waals surface area contributed by atoms with Gasteiger partial charge in [0.25, 0.3) is 0 Å². The van der Waals surface area contributed by atoms with Crippen molar-refractivity contribution in [3.63, 3.8) is 0 Å². The molecule has 3 unspecified atom stereocenters. The van der Waals surface area contributed by atoms with Crippen molar-refractivity contribution in [3.05, 3.63) is 22.1 Å². The van der Waals surface area contributed by atoms with Crippen molar-refractivity contribution in [2.75, 3.05) is 19.8 Å². The van der Waals surface area contributed by atoms with E-state index < -0.39 is 73.0 Å². The number of ether oxygens (including phenoxy) is 2. The average molecular weight is 560 g/mol. The Hall–Kier alpha value is -2.48. The Labute approximate surface area is 227 Å². The lowest BCUT2D eigenvalue weighted by atomic mass is 9.89. The molecule has 0 spiro atoms. The predicted molar refractivity (Wildman–Crippen MR) is 138 cm³/mol. The van der Waals surface area contributed by atoms with Gasteiger partial charge in [-0.05, 0) is 65.3 Å². The summed E-state index contributed by atoms with van der Waals surface area (Å²) in [6.07, 6.45) is -5.38. The number of aliphatic hydroxyl groups is 4. The van der Waals surface area contributed by atoms with Crippen LogP contribution in [0.1, 0.15) is 59.8 Å². The summed E-state index contributed by atoms with van der Waals surface area (Å²) >= 11 is 0. The molecular formula is C25H42FN5O8. The molecule has 222 valence electrons. The van der Waals surface area contributed by atoms with E-state index >= 15 is 0 Å². The molecule has 2 amide bonds. The van der Waals surface area contributed by atoms with Crippen LogP contribution in [0.4, 0.5) is 9.18 Å². The Bertz CT molecular complexity index is 907. The zero-order valence-electron chi connectivity index (χ0n) is 22.9. The predicted octanol–water partition coefficient (Wildman–Crippen LogP) is 1.48. The molecule has 14 heteroatoms. The van der Waals surface area contributed by atoms with E-state index in [0.29, 0.717) is 25.7 Å². The van der Waals surface area contributed by atoms with Crippen molar-refractivity contribution in [2.24, 2.45) is 5.11 Å². The second-order valence-electron chi connectivity index (χ2n) is 11.0. The van der Waals surface area contributed by atoms with Crippen molar-refractivity contribution < 1.29 is 43.9 Å². The molecule has 0 saturated carbocycles. The fourth-order valence-corrected chi connectivity index (χ4v) is 4.67. The zero-order valence-corrected chi connectivity index (χ0v) is 22.9. The highest BCUT2D eigenvalue weighted by atomic mass is 19.1. The number of nitrogens with one attached hydrogen (secondary N) is 1. The topological polar surface area (TPSA) is 198 Å². The van der Waals surface area contributed by atoms with E-state index in [1.165, 1.54) is 11.8 Å². The van der Waals surface area contributed by atoms with Gasteiger partial charge in [-0.15, -0.1) is 0 Å². The highest BCUT2D eigenvalue weighted by Gasteiger charge is 2.48. The maximum absolute atomic E-state index is 13.6. The number of rotatable bonds is 10. The number of hydrogen-bond donors (Lipinski definition) is 5. The minimum atomic E-state index is -1.70. The molecule has 0 aliphatic carbocycles. The van der Waals surface area contributed by atoms with Crippen LogP contribution in [-0.2, 0) is 14.3 Å². The Kier molecular flexibility index (Phi) is 12.4. The standard InChI is InChI=1S/C25H42FN5O8/c1-14(32)18(22-21(35)20(34)19(33)17(38-22)13-28-30-27)29-23(36)16-9-8-15(7-5-6-11-26)10-12-31(16)24(37)39-25(2,3)4/h8,14,16-22,32-35H,5-7,9-13H2,1-4H3,(H,29,36)/t14-,16+,17?,18-,19+,20?,21?,22-/m1/s1. The van der Waals surface area contributed by atoms with Gasteiger partial charge in [0.15, 0.2) is 0 Å². The number of amides is 2. The SMILES string of the molecule is C[C@@H](O)[C@@H](NC(=O)[C@@H]1CC=C(CCCCF)CCN1C(=O)OC(C)(C)C)[C@H]1OC(CN=[N+]=[N-])[C@H](O)C(O)C1O. The maximum Gasteiger partial charge on any atom is 0.410 e. The van der Waals surface area contributed by atoms with Gasteiger partial charge in [0.2, 0.25) is 5.91 Å². The first-order valence-electron chi connectivity index (χ1n) is 13.2. The molecule has 2 heterocycles. The summed E-state index contributed by atoms with van der Waals surface area (Å²) in [7, 11) is 0. The first kappa shape index (κ1) is 32.7. The minimum Gasteiger partial charge on any atom is -0.444 e. The third kappa shape index (κ3) is 9.30. The maximum atomic E-state index is 13.6. The van der Waals surface area contributed by atoms with Gasteiger partial charge in [-0.2, -0.15) is 0 Å². The van der Waals surface area contributed by atoms with E-state index in [2.05, 4.69) is 15.3 Å². The number of unbranched alkanes of at least 4 members (excludes halogenated alkanes) is 1. The van der Waals surface area contributed by atoms with E-state index in [4.69, 9.17) is 15.0 Å². The monoisotopic (exact) mass is 559 g/mol. The molecule has 13 nitrogen and oxygen atoms in total. The fourth-order valence-electron chi connectivity index (χ4n) is 4.67. The molecule has 0 aromatic carbocycles. The van der Waals surface area contributed by atoms with Crippen molar-refractivity contribution >= 4 is 12.0 Å². The lowest BCUT2D eigenvalue weighted by Gasteiger charge is -2.44. The summed E-state index contributed by atoms with van der Waals surface area (Å²) in [5.74, 6) is -0.656. The van der Waals surface area contributed by atoms with Crippen LogP contribution in [0.25, 0.3) is 10.4 Å². The lowest BCUT2D eigenvalue weighted by Crippen LogP contribution is -2.67. The molecule has 0 radical (unpaired) electrons. The van der Waals surface area contributed by atoms with Crippen LogP contribution in [0.5, 0.6) is 0 Å². The fraction of sp³-hybridized carbons (Fsp3) is 0.840. The summed E-state index contributed by atoms with van der Waals surface area (Å²) in [4.78, 5) is 30.6. The number of alkyl halides is 1. The zero-order chi connectivity index (χ0) is 29.3. The van der Waals surface area contributed by atoms with E-state index in [9.17, 15) is 34.4 Å². The number of carbonyl (C=O) groups is 2. The summed E-state index contributed by atoms with van der Waals surface area (Å²) in [6, 6.07) is -2.30. The molecule has 8 atom stereocenters. The van der Waals surface area contributed by atoms with Crippen LogP contribution in [0.3, 0.4) is 0 Å². The van der Waals surface area contributed by atoms with E-state index in [-0.39, 0.29) is 19.5 Å². The molecule has 2 aliphatic rings. The van der Waals surface area contributed by atoms with Gasteiger partial charge in [0, 0.05) is 11.5 Å². The quantitative estimate of drug-likeness (QED) is 0.0871. The Morgan fingerprint density at radius 3 is 2.56 bits per heavy atom. The van der Waals surface area contributed by atoms with Crippen LogP contribution < -0.4 is 5.32 Å². The number of carbonyl (C=O) groups excluding carboxylic acids is 2. The normalized spacial score (nSPS) is 29.4. The summed E-state index contributed by atoms with van der Waals surface area (Å²) in [5, 5.41) is 47.7. The summed E-state index contributed by atoms with van der Waals surface area (Å²) in [5.41, 5.74) is 8.79. The van der Waals surface area contributed by atoms with Crippen molar-refractivity contribution in [3.8, 4) is 0 Å². The number of aliphatic hydroxyl groups excluding tert-OH is 4. The first-order chi connectivity index (χ1) is 18.3. The molecule has 0 aromatic rings. The van der Waals surface area contributed by atoms with Gasteiger partial charge in [-0.1, -0.05) is 16.8 Å². The smallest absolute Gasteiger partial charge is 0.410 e. The third-order valence-electron chi connectivity index (χ3n) is 6.75. The molecule has 5 N–H and O–H groups in total. The molecule has 1 saturated heterocycles. The second kappa shape index (κ2) is 14.8. The van der Waals surface area contributed by atoms with Crippen LogP contribution in [-0.4, -0.2) is 111 Å². The second-order valence-corrected chi connectivity index (χ2v) is 11.0. The van der Waals surface area contributed by atoms with Gasteiger partial charge >= 0.3 is 6.09 Å². The number of hydrogen-bond acceptors (Lipinski definition) is 9. The van der Waals surface area contributed by atoms with Crippen LogP contribution >= 0.6 is 0 Å². The Morgan fingerprint density at radius 1 is 1.28 bits per heavy atom. The largest absolute Gasteiger partial charge is 0.444 e. The summed E-state index contributed by atoms with van der Waals surface area (Å²) < 4.78 is 23.8. The van der Waals surface area contributed by atoms with Gasteiger partial charge in [0.05, 0.1) is 31.5 Å². The van der Waals surface area contributed by atoms with Crippen molar-refractivity contribution in [1.82, 2.24) is 10.2 Å². The van der Waals surface area contributed by atoms with Crippen LogP contribution in [0.2, 0.25) is 0 Å². The summed E-state index contributed by atoms with van der Waals surface area (Å²) in [6.45, 7) is 5.86. The number of nitrogens with zero attached hydrogens (tertiary/aromatic N) is 4. The van der Waals surface area contributed by atoms with Crippen molar-refractivity contribution in [2.45, 2.75) is 114 Å². The molecule has 0 bridgehead atoms. The molecule has 0 aromatic heterocycles. The average Bonchev–Trinajstić information content (AvgIpc) is 3.07. The van der Waals surface area contributed by atoms with Crippen LogP contribution in [0.15, 0.2) is 16.8 Å². The molecular weight excluding hydrogens is 517 g/mol. The van der Waals surface area contributed by atoms with Gasteiger partial charge in [0.1, 0.15) is 36.1 Å². The molecule has 39 heavy (non-hydrogen) atoms. The Balaban J connectivity index is 2.30. The molecule has 2 rings (SSSR count). The number of azide groups is 1. The highest BCUT2D eigenvalue weighted by molar-refractivity contribution is 5.86. The first-order valence-corrected chi connectivity index (χ1v) is 13.2. The van der Waals surface area contributed by atoms with E-state index in [1.807, 2.05) is 6.08 Å². The van der Waals surface area contributed by atoms with Gasteiger partial charge in [-0.25, -0.2) is 4.79 Å². The number of halogens is 1. The third-order valence-corrected chi connectivity index (χ3v) is 6.75. The highest BCUT2D eigenvalue weighted by Crippen LogP contribution is 2.27. The van der Waals surface area contributed by atoms with Gasteiger partial charge in [-0.3, -0.25) is 14.1 Å². The van der Waals surface area contributed by atoms with Crippen LogP contribution in [0, 0.1) is 0 Å². The Morgan fingerprint density at radius 2 is 1.97 bits per heavy atom. The van der Waals surface area contributed by atoms with Gasteiger partial charge < -0.3 is 35.2 Å². The van der Waals surface area contributed by atoms with Crippen molar-refractivity contribution in [1.29, 1.82) is 0 Å². The lowest BCUT2D eigenvalue weighted by molar-refractivity contribution is -0.230. The molecule has 2 aliphatic heterocycles. The van der Waals surface area contributed by atoms with E-state index in [1.54, 1.807) is 20.8 Å². The minimum absolute atomic E-state index is 0.136. The van der Waals surface area contributed by atoms with E-state index in [0.717, 1.165) is 5.57 Å². The molecule has 1 fully saturated rings.